The highest BCUT2D eigenvalue weighted by molar-refractivity contribution is 7.09. The van der Waals surface area contributed by atoms with E-state index in [1.807, 2.05) is 0 Å². The van der Waals surface area contributed by atoms with Crippen LogP contribution in [0.15, 0.2) is 29.6 Å². The highest BCUT2D eigenvalue weighted by atomic mass is 32.1. The molecule has 102 valence electrons. The van der Waals surface area contributed by atoms with Crippen molar-refractivity contribution in [1.29, 1.82) is 0 Å². The first-order valence-electron chi connectivity index (χ1n) is 6.52. The maximum atomic E-state index is 4.64. The van der Waals surface area contributed by atoms with Gasteiger partial charge in [-0.2, -0.15) is 0 Å². The molecular weight excluding hydrogens is 254 g/mol. The van der Waals surface area contributed by atoms with Gasteiger partial charge < -0.3 is 10.2 Å². The predicted octanol–water partition coefficient (Wildman–Crippen LogP) is 3.17. The van der Waals surface area contributed by atoms with Crippen LogP contribution in [0.2, 0.25) is 0 Å². The minimum atomic E-state index is 0.793. The highest BCUT2D eigenvalue weighted by Gasteiger charge is 2.02. The lowest BCUT2D eigenvalue weighted by Gasteiger charge is -2.06. The first-order valence-corrected chi connectivity index (χ1v) is 7.40. The first kappa shape index (κ1) is 14.0. The van der Waals surface area contributed by atoms with Crippen molar-refractivity contribution >= 4 is 17.0 Å². The average Bonchev–Trinajstić information content (AvgIpc) is 2.84. The monoisotopic (exact) mass is 275 g/mol. The van der Waals surface area contributed by atoms with Crippen molar-refractivity contribution in [3.8, 4) is 0 Å². The van der Waals surface area contributed by atoms with Gasteiger partial charge in [0.1, 0.15) is 0 Å². The molecule has 0 aliphatic carbocycles. The maximum Gasteiger partial charge on any atom is 0.0941 e. The zero-order chi connectivity index (χ0) is 13.7. The fourth-order valence-electron chi connectivity index (χ4n) is 1.73. The van der Waals surface area contributed by atoms with E-state index in [-0.39, 0.29) is 0 Å². The Morgan fingerprint density at radius 2 is 1.95 bits per heavy atom. The van der Waals surface area contributed by atoms with Crippen molar-refractivity contribution < 1.29 is 0 Å². The molecule has 0 bridgehead atoms. The smallest absolute Gasteiger partial charge is 0.0941 e. The third kappa shape index (κ3) is 4.65. The number of aromatic nitrogens is 1. The van der Waals surface area contributed by atoms with E-state index >= 15 is 0 Å². The fraction of sp³-hybridized carbons (Fsp3) is 0.400. The lowest BCUT2D eigenvalue weighted by atomic mass is 10.2. The lowest BCUT2D eigenvalue weighted by molar-refractivity contribution is 0.413. The van der Waals surface area contributed by atoms with E-state index in [1.54, 1.807) is 11.3 Å². The van der Waals surface area contributed by atoms with Gasteiger partial charge in [-0.05, 0) is 33.2 Å². The van der Waals surface area contributed by atoms with E-state index in [2.05, 4.69) is 65.9 Å². The Morgan fingerprint density at radius 3 is 2.63 bits per heavy atom. The molecule has 0 spiro atoms. The minimum Gasteiger partial charge on any atom is -0.379 e. The summed E-state index contributed by atoms with van der Waals surface area (Å²) >= 11 is 1.75. The molecule has 0 amide bonds. The summed E-state index contributed by atoms with van der Waals surface area (Å²) in [5.74, 6) is 0. The van der Waals surface area contributed by atoms with Gasteiger partial charge in [-0.1, -0.05) is 17.7 Å². The van der Waals surface area contributed by atoms with E-state index in [0.717, 1.165) is 30.9 Å². The number of thiazole rings is 1. The highest BCUT2D eigenvalue weighted by Crippen LogP contribution is 2.14. The van der Waals surface area contributed by atoms with Gasteiger partial charge in [-0.25, -0.2) is 4.98 Å². The number of aryl methyl sites for hydroxylation is 1. The molecule has 1 heterocycles. The summed E-state index contributed by atoms with van der Waals surface area (Å²) < 4.78 is 0. The lowest BCUT2D eigenvalue weighted by Crippen LogP contribution is -2.15. The number of likely N-dealkylation sites (N-methyl/N-ethyl adjacent to an activating group) is 1. The zero-order valence-corrected chi connectivity index (χ0v) is 12.6. The molecule has 0 saturated carbocycles. The van der Waals surface area contributed by atoms with Gasteiger partial charge in [-0.3, -0.25) is 0 Å². The molecule has 0 atom stereocenters. The molecule has 3 nitrogen and oxygen atoms in total. The first-order chi connectivity index (χ1) is 9.13. The third-order valence-corrected chi connectivity index (χ3v) is 3.85. The summed E-state index contributed by atoms with van der Waals surface area (Å²) in [5.41, 5.74) is 3.55. The van der Waals surface area contributed by atoms with Crippen molar-refractivity contribution in [3.05, 3.63) is 45.9 Å². The fourth-order valence-corrected chi connectivity index (χ4v) is 2.52. The van der Waals surface area contributed by atoms with E-state index in [9.17, 15) is 0 Å². The molecule has 0 aliphatic heterocycles. The molecule has 2 rings (SSSR count). The van der Waals surface area contributed by atoms with Gasteiger partial charge in [0.25, 0.3) is 0 Å². The number of nitrogens with zero attached hydrogens (tertiary/aromatic N) is 2. The Bertz CT molecular complexity index is 502. The molecule has 19 heavy (non-hydrogen) atoms. The van der Waals surface area contributed by atoms with Crippen LogP contribution in [0.5, 0.6) is 0 Å². The van der Waals surface area contributed by atoms with Crippen LogP contribution in [-0.4, -0.2) is 30.5 Å². The van der Waals surface area contributed by atoms with Crippen molar-refractivity contribution in [2.75, 3.05) is 26.0 Å². The van der Waals surface area contributed by atoms with Crippen LogP contribution in [0, 0.1) is 6.92 Å². The van der Waals surface area contributed by atoms with Crippen molar-refractivity contribution in [2.45, 2.75) is 19.9 Å². The van der Waals surface area contributed by atoms with Crippen molar-refractivity contribution in [3.63, 3.8) is 0 Å². The predicted molar refractivity (Wildman–Crippen MR) is 82.9 cm³/mol. The Balaban J connectivity index is 1.84. The summed E-state index contributed by atoms with van der Waals surface area (Å²) in [5, 5.41) is 6.76. The van der Waals surface area contributed by atoms with E-state index in [1.165, 1.54) is 10.6 Å². The number of rotatable bonds is 6. The quantitative estimate of drug-likeness (QED) is 0.877. The summed E-state index contributed by atoms with van der Waals surface area (Å²) in [6, 6.07) is 8.45. The van der Waals surface area contributed by atoms with Gasteiger partial charge in [0.05, 0.1) is 17.2 Å². The van der Waals surface area contributed by atoms with E-state index in [4.69, 9.17) is 0 Å². The largest absolute Gasteiger partial charge is 0.379 e. The molecule has 1 N–H and O–H groups in total. The Morgan fingerprint density at radius 1 is 1.21 bits per heavy atom. The Kier molecular flexibility index (Phi) is 4.93. The van der Waals surface area contributed by atoms with E-state index < -0.39 is 0 Å². The topological polar surface area (TPSA) is 28.2 Å². The third-order valence-electron chi connectivity index (χ3n) is 2.90. The zero-order valence-electron chi connectivity index (χ0n) is 11.8. The Hall–Kier alpha value is -1.39. The Labute approximate surface area is 119 Å². The summed E-state index contributed by atoms with van der Waals surface area (Å²) in [6.07, 6.45) is 1.03. The van der Waals surface area contributed by atoms with Gasteiger partial charge >= 0.3 is 0 Å². The maximum absolute atomic E-state index is 4.64. The molecule has 2 aromatic rings. The summed E-state index contributed by atoms with van der Waals surface area (Å²) in [7, 11) is 4.18. The summed E-state index contributed by atoms with van der Waals surface area (Å²) in [6.45, 7) is 3.95. The molecule has 1 aromatic heterocycles. The van der Waals surface area contributed by atoms with Crippen LogP contribution >= 0.6 is 11.3 Å². The van der Waals surface area contributed by atoms with Gasteiger partial charge in [0.15, 0.2) is 0 Å². The number of anilines is 1. The SMILES string of the molecule is Cc1ccc(NCc2csc(CCN(C)C)n2)cc1. The van der Waals surface area contributed by atoms with Crippen molar-refractivity contribution in [2.24, 2.45) is 0 Å². The van der Waals surface area contributed by atoms with Gasteiger partial charge in [0.2, 0.25) is 0 Å². The van der Waals surface area contributed by atoms with E-state index in [0.29, 0.717) is 0 Å². The number of nitrogens with one attached hydrogen (secondary N) is 1. The second kappa shape index (κ2) is 6.68. The van der Waals surface area contributed by atoms with Crippen LogP contribution in [0.1, 0.15) is 16.3 Å². The standard InChI is InChI=1S/C15H21N3S/c1-12-4-6-13(7-5-12)16-10-14-11-19-15(17-14)8-9-18(2)3/h4-7,11,16H,8-10H2,1-3H3. The second-order valence-electron chi connectivity index (χ2n) is 5.01. The second-order valence-corrected chi connectivity index (χ2v) is 5.95. The number of hydrogen-bond acceptors (Lipinski definition) is 4. The van der Waals surface area contributed by atoms with Crippen LogP contribution in [0.3, 0.4) is 0 Å². The molecular formula is C15H21N3S. The summed E-state index contributed by atoms with van der Waals surface area (Å²) in [4.78, 5) is 6.83. The molecule has 4 heteroatoms. The molecule has 1 aromatic carbocycles. The van der Waals surface area contributed by atoms with Crippen molar-refractivity contribution in [1.82, 2.24) is 9.88 Å². The average molecular weight is 275 g/mol. The van der Waals surface area contributed by atoms with Crippen LogP contribution in [-0.2, 0) is 13.0 Å². The molecule has 0 saturated heterocycles. The molecule has 0 fully saturated rings. The molecule has 0 aliphatic rings. The number of hydrogen-bond donors (Lipinski definition) is 1. The molecule has 0 unspecified atom stereocenters. The molecule has 0 radical (unpaired) electrons. The minimum absolute atomic E-state index is 0.793. The van der Waals surface area contributed by atoms with Gasteiger partial charge in [-0.15, -0.1) is 11.3 Å². The normalized spacial score (nSPS) is 10.9. The van der Waals surface area contributed by atoms with Crippen LogP contribution in [0.25, 0.3) is 0 Å². The van der Waals surface area contributed by atoms with Gasteiger partial charge in [0, 0.05) is 24.0 Å². The van der Waals surface area contributed by atoms with Crippen LogP contribution < -0.4 is 5.32 Å². The number of benzene rings is 1. The van der Waals surface area contributed by atoms with Crippen LogP contribution in [0.4, 0.5) is 5.69 Å².